The topological polar surface area (TPSA) is 44.8 Å². The SMILES string of the molecule is COc1cccc(CCCN2CCN(C(=O)Nc3ccccc3)CC2)c1. The predicted molar refractivity (Wildman–Crippen MR) is 105 cm³/mol. The molecule has 1 fully saturated rings. The summed E-state index contributed by atoms with van der Waals surface area (Å²) in [4.78, 5) is 16.6. The number of aryl methyl sites for hydroxylation is 1. The first kappa shape index (κ1) is 18.3. The first-order valence-corrected chi connectivity index (χ1v) is 9.21. The van der Waals surface area contributed by atoms with Crippen LogP contribution in [-0.2, 0) is 6.42 Å². The van der Waals surface area contributed by atoms with Gasteiger partial charge in [-0.25, -0.2) is 4.79 Å². The average Bonchev–Trinajstić information content (AvgIpc) is 2.69. The molecular weight excluding hydrogens is 326 g/mol. The number of nitrogens with zero attached hydrogens (tertiary/aromatic N) is 2. The molecule has 0 radical (unpaired) electrons. The highest BCUT2D eigenvalue weighted by atomic mass is 16.5. The number of rotatable bonds is 6. The molecule has 2 amide bonds. The van der Waals surface area contributed by atoms with E-state index in [4.69, 9.17) is 4.74 Å². The molecule has 1 N–H and O–H groups in total. The molecule has 0 unspecified atom stereocenters. The van der Waals surface area contributed by atoms with Crippen molar-refractivity contribution in [2.75, 3.05) is 45.2 Å². The number of amides is 2. The Kier molecular flexibility index (Phi) is 6.50. The van der Waals surface area contributed by atoms with Crippen molar-refractivity contribution in [1.82, 2.24) is 9.80 Å². The van der Waals surface area contributed by atoms with Gasteiger partial charge in [0.25, 0.3) is 0 Å². The van der Waals surface area contributed by atoms with Crippen LogP contribution in [0.3, 0.4) is 0 Å². The standard InChI is InChI=1S/C21H27N3O2/c1-26-20-11-5-7-18(17-20)8-6-12-23-13-15-24(16-14-23)21(25)22-19-9-3-2-4-10-19/h2-5,7,9-11,17H,6,8,12-16H2,1H3,(H,22,25). The van der Waals surface area contributed by atoms with Crippen LogP contribution < -0.4 is 10.1 Å². The van der Waals surface area contributed by atoms with Crippen LogP contribution >= 0.6 is 0 Å². The monoisotopic (exact) mass is 353 g/mol. The molecule has 26 heavy (non-hydrogen) atoms. The number of para-hydroxylation sites is 1. The molecule has 0 aromatic heterocycles. The normalized spacial score (nSPS) is 14.9. The third kappa shape index (κ3) is 5.23. The quantitative estimate of drug-likeness (QED) is 0.865. The molecule has 5 heteroatoms. The number of ether oxygens (including phenoxy) is 1. The molecule has 2 aromatic rings. The molecular formula is C21H27N3O2. The van der Waals surface area contributed by atoms with Crippen molar-refractivity contribution in [1.29, 1.82) is 0 Å². The van der Waals surface area contributed by atoms with Crippen molar-refractivity contribution in [3.05, 3.63) is 60.2 Å². The summed E-state index contributed by atoms with van der Waals surface area (Å²) in [5, 5.41) is 2.96. The van der Waals surface area contributed by atoms with E-state index in [2.05, 4.69) is 22.3 Å². The largest absolute Gasteiger partial charge is 0.497 e. The Bertz CT molecular complexity index is 697. The Morgan fingerprint density at radius 3 is 2.54 bits per heavy atom. The van der Waals surface area contributed by atoms with Crippen LogP contribution in [0.5, 0.6) is 5.75 Å². The Morgan fingerprint density at radius 2 is 1.81 bits per heavy atom. The van der Waals surface area contributed by atoms with E-state index < -0.39 is 0 Å². The summed E-state index contributed by atoms with van der Waals surface area (Å²) in [7, 11) is 1.70. The van der Waals surface area contributed by atoms with Crippen molar-refractivity contribution < 1.29 is 9.53 Å². The third-order valence-electron chi connectivity index (χ3n) is 4.76. The number of urea groups is 1. The van der Waals surface area contributed by atoms with E-state index >= 15 is 0 Å². The summed E-state index contributed by atoms with van der Waals surface area (Å²) in [6.45, 7) is 4.47. The van der Waals surface area contributed by atoms with Gasteiger partial charge in [-0.3, -0.25) is 4.90 Å². The minimum Gasteiger partial charge on any atom is -0.497 e. The summed E-state index contributed by atoms with van der Waals surface area (Å²) < 4.78 is 5.27. The van der Waals surface area contributed by atoms with Gasteiger partial charge < -0.3 is 15.0 Å². The van der Waals surface area contributed by atoms with Gasteiger partial charge in [-0.1, -0.05) is 30.3 Å². The average molecular weight is 353 g/mol. The van der Waals surface area contributed by atoms with Crippen LogP contribution in [0.2, 0.25) is 0 Å². The highest BCUT2D eigenvalue weighted by molar-refractivity contribution is 5.89. The number of methoxy groups -OCH3 is 1. The number of carbonyl (C=O) groups excluding carboxylic acids is 1. The van der Waals surface area contributed by atoms with E-state index in [0.717, 1.165) is 57.0 Å². The lowest BCUT2D eigenvalue weighted by Crippen LogP contribution is -2.50. The lowest BCUT2D eigenvalue weighted by molar-refractivity contribution is 0.146. The van der Waals surface area contributed by atoms with Crippen molar-refractivity contribution in [2.45, 2.75) is 12.8 Å². The summed E-state index contributed by atoms with van der Waals surface area (Å²) in [5.74, 6) is 0.917. The number of nitrogens with one attached hydrogen (secondary N) is 1. The second-order valence-corrected chi connectivity index (χ2v) is 6.58. The van der Waals surface area contributed by atoms with Gasteiger partial charge in [-0.2, -0.15) is 0 Å². The van der Waals surface area contributed by atoms with Crippen molar-refractivity contribution in [3.63, 3.8) is 0 Å². The summed E-state index contributed by atoms with van der Waals surface area (Å²) in [6.07, 6.45) is 2.16. The van der Waals surface area contributed by atoms with E-state index in [9.17, 15) is 4.79 Å². The molecule has 5 nitrogen and oxygen atoms in total. The Hall–Kier alpha value is -2.53. The molecule has 0 spiro atoms. The molecule has 0 aliphatic carbocycles. The van der Waals surface area contributed by atoms with Crippen molar-refractivity contribution >= 4 is 11.7 Å². The van der Waals surface area contributed by atoms with Gasteiger partial charge in [0.05, 0.1) is 7.11 Å². The molecule has 1 saturated heterocycles. The van der Waals surface area contributed by atoms with Gasteiger partial charge in [0.15, 0.2) is 0 Å². The molecule has 0 bridgehead atoms. The smallest absolute Gasteiger partial charge is 0.321 e. The third-order valence-corrected chi connectivity index (χ3v) is 4.76. The zero-order valence-electron chi connectivity index (χ0n) is 15.4. The summed E-state index contributed by atoms with van der Waals surface area (Å²) in [5.41, 5.74) is 2.16. The minimum atomic E-state index is -0.00719. The fourth-order valence-electron chi connectivity index (χ4n) is 3.23. The Labute approximate surface area is 155 Å². The van der Waals surface area contributed by atoms with Crippen LogP contribution in [0.15, 0.2) is 54.6 Å². The molecule has 1 aliphatic rings. The molecule has 3 rings (SSSR count). The maximum Gasteiger partial charge on any atom is 0.321 e. The number of piperazine rings is 1. The zero-order chi connectivity index (χ0) is 18.2. The summed E-state index contributed by atoms with van der Waals surface area (Å²) in [6, 6.07) is 17.9. The van der Waals surface area contributed by atoms with E-state index in [1.807, 2.05) is 47.4 Å². The molecule has 1 aliphatic heterocycles. The highest BCUT2D eigenvalue weighted by Gasteiger charge is 2.20. The van der Waals surface area contributed by atoms with Gasteiger partial charge in [0.2, 0.25) is 0 Å². The van der Waals surface area contributed by atoms with Gasteiger partial charge in [-0.05, 0) is 49.2 Å². The number of benzene rings is 2. The van der Waals surface area contributed by atoms with Crippen LogP contribution in [0, 0.1) is 0 Å². The predicted octanol–water partition coefficient (Wildman–Crippen LogP) is 3.48. The Morgan fingerprint density at radius 1 is 1.04 bits per heavy atom. The fourth-order valence-corrected chi connectivity index (χ4v) is 3.23. The molecule has 1 heterocycles. The zero-order valence-corrected chi connectivity index (χ0v) is 15.4. The highest BCUT2D eigenvalue weighted by Crippen LogP contribution is 2.14. The van der Waals surface area contributed by atoms with Crippen LogP contribution in [-0.4, -0.2) is 55.7 Å². The summed E-state index contributed by atoms with van der Waals surface area (Å²) >= 11 is 0. The number of carbonyl (C=O) groups is 1. The maximum atomic E-state index is 12.3. The van der Waals surface area contributed by atoms with Gasteiger partial charge >= 0.3 is 6.03 Å². The van der Waals surface area contributed by atoms with E-state index in [-0.39, 0.29) is 6.03 Å². The lowest BCUT2D eigenvalue weighted by atomic mass is 10.1. The number of anilines is 1. The van der Waals surface area contributed by atoms with Crippen LogP contribution in [0.1, 0.15) is 12.0 Å². The fraction of sp³-hybridized carbons (Fsp3) is 0.381. The van der Waals surface area contributed by atoms with Gasteiger partial charge in [0.1, 0.15) is 5.75 Å². The first-order chi connectivity index (χ1) is 12.7. The number of hydrogen-bond donors (Lipinski definition) is 1. The molecule has 138 valence electrons. The van der Waals surface area contributed by atoms with E-state index in [1.165, 1.54) is 5.56 Å². The van der Waals surface area contributed by atoms with Crippen LogP contribution in [0.4, 0.5) is 10.5 Å². The van der Waals surface area contributed by atoms with E-state index in [0.29, 0.717) is 0 Å². The maximum absolute atomic E-state index is 12.3. The van der Waals surface area contributed by atoms with E-state index in [1.54, 1.807) is 7.11 Å². The van der Waals surface area contributed by atoms with Crippen LogP contribution in [0.25, 0.3) is 0 Å². The molecule has 0 saturated carbocycles. The number of hydrogen-bond acceptors (Lipinski definition) is 3. The van der Waals surface area contributed by atoms with Gasteiger partial charge in [0, 0.05) is 31.9 Å². The van der Waals surface area contributed by atoms with Gasteiger partial charge in [-0.15, -0.1) is 0 Å². The lowest BCUT2D eigenvalue weighted by Gasteiger charge is -2.34. The first-order valence-electron chi connectivity index (χ1n) is 9.21. The Balaban J connectivity index is 1.37. The minimum absolute atomic E-state index is 0.00719. The van der Waals surface area contributed by atoms with Crippen molar-refractivity contribution in [3.8, 4) is 5.75 Å². The molecule has 2 aromatic carbocycles. The second kappa shape index (κ2) is 9.25. The van der Waals surface area contributed by atoms with Crippen molar-refractivity contribution in [2.24, 2.45) is 0 Å². The molecule has 0 atom stereocenters. The second-order valence-electron chi connectivity index (χ2n) is 6.58.